The summed E-state index contributed by atoms with van der Waals surface area (Å²) in [5.41, 5.74) is 0.614. The van der Waals surface area contributed by atoms with Crippen LogP contribution in [0.3, 0.4) is 0 Å². The minimum Gasteiger partial charge on any atom is -0.486 e. The smallest absolute Gasteiger partial charge is 0.318 e. The Morgan fingerprint density at radius 3 is 2.62 bits per heavy atom. The highest BCUT2D eigenvalue weighted by molar-refractivity contribution is 7.91. The van der Waals surface area contributed by atoms with Crippen LogP contribution in [0.5, 0.6) is 11.5 Å². The van der Waals surface area contributed by atoms with Gasteiger partial charge in [-0.05, 0) is 43.9 Å². The maximum Gasteiger partial charge on any atom is 0.318 e. The van der Waals surface area contributed by atoms with E-state index in [0.29, 0.717) is 31.9 Å². The van der Waals surface area contributed by atoms with Gasteiger partial charge in [-0.2, -0.15) is 0 Å². The number of benzene rings is 1. The fraction of sp³-hybridized carbons (Fsp3) is 0.611. The van der Waals surface area contributed by atoms with E-state index in [0.717, 1.165) is 24.2 Å². The van der Waals surface area contributed by atoms with Gasteiger partial charge < -0.3 is 19.7 Å². The highest BCUT2D eigenvalue weighted by Crippen LogP contribution is 2.48. The lowest BCUT2D eigenvalue weighted by Gasteiger charge is -2.30. The number of sulfone groups is 1. The van der Waals surface area contributed by atoms with E-state index < -0.39 is 15.4 Å². The van der Waals surface area contributed by atoms with Gasteiger partial charge in [-0.3, -0.25) is 0 Å². The molecule has 2 amide bonds. The zero-order valence-corrected chi connectivity index (χ0v) is 15.7. The number of nitrogens with zero attached hydrogens (tertiary/aromatic N) is 1. The molecule has 2 aliphatic heterocycles. The number of rotatable bonds is 4. The largest absolute Gasteiger partial charge is 0.486 e. The molecule has 2 heterocycles. The Balaban J connectivity index is 1.50. The van der Waals surface area contributed by atoms with Gasteiger partial charge in [-0.25, -0.2) is 13.2 Å². The summed E-state index contributed by atoms with van der Waals surface area (Å²) in [4.78, 5) is 14.5. The lowest BCUT2D eigenvalue weighted by molar-refractivity contribution is 0.170. The molecule has 0 radical (unpaired) electrons. The minimum atomic E-state index is -3.03. The van der Waals surface area contributed by atoms with Crippen molar-refractivity contribution in [3.8, 4) is 11.5 Å². The standard InChI is InChI=1S/C18H24N2O5S/c1-2-20(14-5-10-26(22,23)12-14)17(21)19-18(6-7-18)13-3-4-15-16(11-13)25-9-8-24-15/h3-4,11,14H,2,5-10,12H2,1H3,(H,19,21). The van der Waals surface area contributed by atoms with E-state index in [-0.39, 0.29) is 23.6 Å². The van der Waals surface area contributed by atoms with Crippen LogP contribution >= 0.6 is 0 Å². The maximum absolute atomic E-state index is 12.9. The molecule has 142 valence electrons. The van der Waals surface area contributed by atoms with Crippen molar-refractivity contribution in [2.24, 2.45) is 0 Å². The minimum absolute atomic E-state index is 0.0608. The Labute approximate surface area is 153 Å². The molecular weight excluding hydrogens is 356 g/mol. The number of nitrogens with one attached hydrogen (secondary N) is 1. The molecule has 1 unspecified atom stereocenters. The summed E-state index contributed by atoms with van der Waals surface area (Å²) in [6, 6.07) is 5.37. The number of carbonyl (C=O) groups excluding carboxylic acids is 1. The van der Waals surface area contributed by atoms with Gasteiger partial charge in [0, 0.05) is 12.6 Å². The number of carbonyl (C=O) groups is 1. The van der Waals surface area contributed by atoms with Crippen molar-refractivity contribution in [1.82, 2.24) is 10.2 Å². The zero-order valence-electron chi connectivity index (χ0n) is 14.9. The second kappa shape index (κ2) is 6.33. The normalized spacial score (nSPS) is 24.7. The molecule has 0 aromatic heterocycles. The van der Waals surface area contributed by atoms with Crippen LogP contribution in [0.2, 0.25) is 0 Å². The van der Waals surface area contributed by atoms with Gasteiger partial charge in [0.05, 0.1) is 17.0 Å². The first kappa shape index (κ1) is 17.5. The lowest BCUT2D eigenvalue weighted by Crippen LogP contribution is -2.49. The number of hydrogen-bond donors (Lipinski definition) is 1. The number of amides is 2. The molecule has 8 heteroatoms. The summed E-state index contributed by atoms with van der Waals surface area (Å²) >= 11 is 0. The average Bonchev–Trinajstić information content (AvgIpc) is 3.31. The van der Waals surface area contributed by atoms with E-state index in [4.69, 9.17) is 9.47 Å². The van der Waals surface area contributed by atoms with E-state index in [9.17, 15) is 13.2 Å². The molecule has 2 fully saturated rings. The van der Waals surface area contributed by atoms with Crippen molar-refractivity contribution in [2.45, 2.75) is 37.8 Å². The van der Waals surface area contributed by atoms with Crippen molar-refractivity contribution in [1.29, 1.82) is 0 Å². The molecule has 1 N–H and O–H groups in total. The molecule has 0 spiro atoms. The van der Waals surface area contributed by atoms with E-state index in [2.05, 4.69) is 5.32 Å². The molecule has 26 heavy (non-hydrogen) atoms. The molecule has 3 aliphatic rings. The van der Waals surface area contributed by atoms with Gasteiger partial charge in [0.1, 0.15) is 13.2 Å². The molecular formula is C18H24N2O5S. The van der Waals surface area contributed by atoms with Gasteiger partial charge in [-0.1, -0.05) is 6.07 Å². The average molecular weight is 380 g/mol. The molecule has 1 aromatic carbocycles. The maximum atomic E-state index is 12.9. The monoisotopic (exact) mass is 380 g/mol. The van der Waals surface area contributed by atoms with Gasteiger partial charge in [0.2, 0.25) is 0 Å². The van der Waals surface area contributed by atoms with Gasteiger partial charge in [0.25, 0.3) is 0 Å². The van der Waals surface area contributed by atoms with Crippen LogP contribution in [0.1, 0.15) is 31.7 Å². The molecule has 4 rings (SSSR count). The summed E-state index contributed by atoms with van der Waals surface area (Å²) in [5.74, 6) is 1.66. The van der Waals surface area contributed by atoms with Crippen LogP contribution in [-0.2, 0) is 15.4 Å². The highest BCUT2D eigenvalue weighted by Gasteiger charge is 2.47. The zero-order chi connectivity index (χ0) is 18.4. The summed E-state index contributed by atoms with van der Waals surface area (Å²) in [5, 5.41) is 3.14. The number of urea groups is 1. The first-order chi connectivity index (χ1) is 12.4. The van der Waals surface area contributed by atoms with E-state index in [1.165, 1.54) is 0 Å². The molecule has 1 aliphatic carbocycles. The Bertz CT molecular complexity index is 819. The molecule has 0 bridgehead atoms. The summed E-state index contributed by atoms with van der Waals surface area (Å²) in [6.07, 6.45) is 2.23. The number of ether oxygens (including phenoxy) is 2. The Hall–Kier alpha value is -1.96. The van der Waals surface area contributed by atoms with Crippen molar-refractivity contribution in [2.75, 3.05) is 31.3 Å². The number of fused-ring (bicyclic) bond motifs is 1. The van der Waals surface area contributed by atoms with Gasteiger partial charge >= 0.3 is 6.03 Å². The fourth-order valence-electron chi connectivity index (χ4n) is 3.82. The van der Waals surface area contributed by atoms with Crippen LogP contribution < -0.4 is 14.8 Å². The predicted molar refractivity (Wildman–Crippen MR) is 96.3 cm³/mol. The second-order valence-corrected chi connectivity index (χ2v) is 9.44. The summed E-state index contributed by atoms with van der Waals surface area (Å²) < 4.78 is 34.7. The van der Waals surface area contributed by atoms with Gasteiger partial charge in [0.15, 0.2) is 21.3 Å². The van der Waals surface area contributed by atoms with Crippen LogP contribution in [0.15, 0.2) is 18.2 Å². The first-order valence-electron chi connectivity index (χ1n) is 9.12. The third-order valence-electron chi connectivity index (χ3n) is 5.44. The molecule has 1 saturated heterocycles. The first-order valence-corrected chi connectivity index (χ1v) is 10.9. The van der Waals surface area contributed by atoms with Crippen LogP contribution in [-0.4, -0.2) is 56.7 Å². The second-order valence-electron chi connectivity index (χ2n) is 7.21. The quantitative estimate of drug-likeness (QED) is 0.859. The topological polar surface area (TPSA) is 84.9 Å². The third-order valence-corrected chi connectivity index (χ3v) is 7.19. The molecule has 1 saturated carbocycles. The SMILES string of the molecule is CCN(C(=O)NC1(c2ccc3c(c2)OCCO3)CC1)C1CCS(=O)(=O)C1. The lowest BCUT2D eigenvalue weighted by atomic mass is 10.0. The molecule has 1 aromatic rings. The Morgan fingerprint density at radius 1 is 1.27 bits per heavy atom. The third kappa shape index (κ3) is 3.22. The summed E-state index contributed by atoms with van der Waals surface area (Å²) in [6.45, 7) is 3.44. The van der Waals surface area contributed by atoms with E-state index >= 15 is 0 Å². The highest BCUT2D eigenvalue weighted by atomic mass is 32.2. The van der Waals surface area contributed by atoms with E-state index in [1.807, 2.05) is 25.1 Å². The molecule has 7 nitrogen and oxygen atoms in total. The van der Waals surface area contributed by atoms with Crippen molar-refractivity contribution < 1.29 is 22.7 Å². The van der Waals surface area contributed by atoms with Crippen LogP contribution in [0.4, 0.5) is 4.79 Å². The van der Waals surface area contributed by atoms with Crippen molar-refractivity contribution >= 4 is 15.9 Å². The fourth-order valence-corrected chi connectivity index (χ4v) is 5.55. The van der Waals surface area contributed by atoms with E-state index in [1.54, 1.807) is 4.90 Å². The summed E-state index contributed by atoms with van der Waals surface area (Å²) in [7, 11) is -3.03. The van der Waals surface area contributed by atoms with Crippen LogP contribution in [0.25, 0.3) is 0 Å². The predicted octanol–water partition coefficient (Wildman–Crippen LogP) is 1.67. The Morgan fingerprint density at radius 2 is 2.00 bits per heavy atom. The number of hydrogen-bond acceptors (Lipinski definition) is 5. The van der Waals surface area contributed by atoms with Gasteiger partial charge in [-0.15, -0.1) is 0 Å². The molecule has 1 atom stereocenters. The van der Waals surface area contributed by atoms with Crippen molar-refractivity contribution in [3.05, 3.63) is 23.8 Å². The van der Waals surface area contributed by atoms with Crippen LogP contribution in [0, 0.1) is 0 Å². The van der Waals surface area contributed by atoms with Crippen molar-refractivity contribution in [3.63, 3.8) is 0 Å². The Kier molecular flexibility index (Phi) is 4.25.